The van der Waals surface area contributed by atoms with Crippen molar-refractivity contribution in [1.82, 2.24) is 0 Å². The average Bonchev–Trinajstić information content (AvgIpc) is 3.31. The minimum absolute atomic E-state index is 0. The number of aliphatic hydroxyl groups excluding tert-OH is 4. The zero-order valence-corrected chi connectivity index (χ0v) is 31.8. The second kappa shape index (κ2) is 26.6. The fourth-order valence-electron chi connectivity index (χ4n) is 3.62. The molecule has 4 N–H and O–H groups in total. The first-order valence-corrected chi connectivity index (χ1v) is 10.3. The summed E-state index contributed by atoms with van der Waals surface area (Å²) in [4.78, 5) is 0. The van der Waals surface area contributed by atoms with Gasteiger partial charge < -0.3 is 20.4 Å². The number of aliphatic hydroxyl groups is 4. The van der Waals surface area contributed by atoms with Crippen LogP contribution in [0.3, 0.4) is 0 Å². The Labute approximate surface area is 247 Å². The van der Waals surface area contributed by atoms with Gasteiger partial charge in [-0.2, -0.15) is 0 Å². The van der Waals surface area contributed by atoms with E-state index in [-0.39, 0.29) is 128 Å². The van der Waals surface area contributed by atoms with Crippen molar-refractivity contribution in [2.45, 2.75) is 127 Å². The summed E-state index contributed by atoms with van der Waals surface area (Å²) in [6, 6.07) is 0. The predicted molar refractivity (Wildman–Crippen MR) is 97.9 cm³/mol. The molecule has 8 heteroatoms. The summed E-state index contributed by atoms with van der Waals surface area (Å²) in [5.41, 5.74) is 0. The van der Waals surface area contributed by atoms with E-state index in [1.807, 2.05) is 0 Å². The molecule has 0 unspecified atom stereocenters. The summed E-state index contributed by atoms with van der Waals surface area (Å²) in [6.45, 7) is 0. The summed E-state index contributed by atoms with van der Waals surface area (Å²) in [5.74, 6) is 0. The molecule has 0 bridgehead atoms. The van der Waals surface area contributed by atoms with Crippen molar-refractivity contribution in [2.24, 2.45) is 0 Å². The summed E-state index contributed by atoms with van der Waals surface area (Å²) in [6.07, 6.45) is 18.4. The number of hydrogen-bond donors (Lipinski definition) is 4. The summed E-state index contributed by atoms with van der Waals surface area (Å²) < 4.78 is 0. The van der Waals surface area contributed by atoms with Crippen molar-refractivity contribution in [2.75, 3.05) is 0 Å². The van der Waals surface area contributed by atoms with Gasteiger partial charge >= 0.3 is 0 Å². The van der Waals surface area contributed by atoms with Crippen molar-refractivity contribution in [1.29, 1.82) is 0 Å². The van der Waals surface area contributed by atoms with Crippen molar-refractivity contribution < 1.29 is 124 Å². The molecule has 4 fully saturated rings. The van der Waals surface area contributed by atoms with Crippen LogP contribution in [-0.2, 0) is 103 Å². The van der Waals surface area contributed by atoms with Gasteiger partial charge in [0.05, 0.1) is 24.4 Å². The van der Waals surface area contributed by atoms with Gasteiger partial charge in [-0.3, -0.25) is 0 Å². The van der Waals surface area contributed by atoms with Crippen LogP contribution in [0.4, 0.5) is 0 Å². The molecule has 0 aromatic heterocycles. The van der Waals surface area contributed by atoms with Gasteiger partial charge in [0, 0.05) is 103 Å². The SMILES string of the molecule is OC1CCCC1.OC1CCCC1.OC1CCCC1.OC1CCCC1.[Hf].[Hf].[Hf].[Hf]. The van der Waals surface area contributed by atoms with Gasteiger partial charge in [0.2, 0.25) is 0 Å². The van der Waals surface area contributed by atoms with Crippen LogP contribution in [0.2, 0.25) is 0 Å². The van der Waals surface area contributed by atoms with Crippen LogP contribution in [0.1, 0.15) is 103 Å². The van der Waals surface area contributed by atoms with Crippen molar-refractivity contribution in [3.8, 4) is 0 Å². The number of rotatable bonds is 0. The van der Waals surface area contributed by atoms with Crippen molar-refractivity contribution in [3.05, 3.63) is 0 Å². The molecule has 28 heavy (non-hydrogen) atoms. The van der Waals surface area contributed by atoms with E-state index in [1.54, 1.807) is 0 Å². The van der Waals surface area contributed by atoms with Gasteiger partial charge in [0.25, 0.3) is 0 Å². The zero-order valence-electron chi connectivity index (χ0n) is 17.4. The van der Waals surface area contributed by atoms with Gasteiger partial charge in [-0.05, 0) is 51.4 Å². The Morgan fingerprint density at radius 3 is 0.429 bits per heavy atom. The molecule has 160 valence electrons. The fraction of sp³-hybridized carbons (Fsp3) is 1.00. The van der Waals surface area contributed by atoms with Crippen LogP contribution >= 0.6 is 0 Å². The first-order valence-electron chi connectivity index (χ1n) is 10.3. The van der Waals surface area contributed by atoms with E-state index in [0.717, 1.165) is 51.4 Å². The average molecular weight is 1060 g/mol. The van der Waals surface area contributed by atoms with Crippen LogP contribution in [0.25, 0.3) is 0 Å². The second-order valence-corrected chi connectivity index (χ2v) is 7.75. The van der Waals surface area contributed by atoms with Gasteiger partial charge in [-0.1, -0.05) is 51.4 Å². The molecule has 0 saturated heterocycles. The Morgan fingerprint density at radius 2 is 0.393 bits per heavy atom. The predicted octanol–water partition coefficient (Wildman–Crippen LogP) is 3.68. The van der Waals surface area contributed by atoms with Crippen LogP contribution in [0, 0.1) is 0 Å². The molecule has 4 aliphatic carbocycles. The third-order valence-corrected chi connectivity index (χ3v) is 5.30. The first kappa shape index (κ1) is 38.6. The molecule has 0 aromatic carbocycles. The maximum Gasteiger partial charge on any atom is 0.0540 e. The van der Waals surface area contributed by atoms with Gasteiger partial charge in [-0.25, -0.2) is 0 Å². The Morgan fingerprint density at radius 1 is 0.286 bits per heavy atom. The quantitative estimate of drug-likeness (QED) is 0.280. The van der Waals surface area contributed by atoms with E-state index in [1.165, 1.54) is 51.4 Å². The van der Waals surface area contributed by atoms with Crippen LogP contribution in [0.5, 0.6) is 0 Å². The number of hydrogen-bond acceptors (Lipinski definition) is 4. The van der Waals surface area contributed by atoms with Crippen molar-refractivity contribution >= 4 is 0 Å². The molecule has 4 saturated carbocycles. The molecule has 4 aliphatic rings. The maximum atomic E-state index is 8.73. The largest absolute Gasteiger partial charge is 0.393 e. The molecule has 0 aliphatic heterocycles. The summed E-state index contributed by atoms with van der Waals surface area (Å²) in [7, 11) is 0. The smallest absolute Gasteiger partial charge is 0.0540 e. The molecule has 0 radical (unpaired) electrons. The minimum Gasteiger partial charge on any atom is -0.393 e. The topological polar surface area (TPSA) is 80.9 Å². The van der Waals surface area contributed by atoms with E-state index in [2.05, 4.69) is 0 Å². The zero-order chi connectivity index (χ0) is 17.6. The third kappa shape index (κ3) is 24.0. The maximum absolute atomic E-state index is 8.73. The molecule has 0 aromatic rings. The second-order valence-electron chi connectivity index (χ2n) is 7.75. The molecule has 4 nitrogen and oxygen atoms in total. The molecular formula is C20H40Hf4O4. The van der Waals surface area contributed by atoms with E-state index in [9.17, 15) is 0 Å². The molecule has 0 amide bonds. The third-order valence-electron chi connectivity index (χ3n) is 5.30. The Hall–Kier alpha value is 3.32. The van der Waals surface area contributed by atoms with E-state index in [4.69, 9.17) is 20.4 Å². The Balaban J connectivity index is -0.000000131. The standard InChI is InChI=1S/4C5H10O.4Hf/c4*6-5-3-1-2-4-5;;;;/h4*5-6H,1-4H2;;;;. The molecule has 0 heterocycles. The molecule has 0 atom stereocenters. The fourth-order valence-corrected chi connectivity index (χ4v) is 3.62. The molecule has 4 rings (SSSR count). The Kier molecular flexibility index (Phi) is 36.6. The molecule has 0 spiro atoms. The van der Waals surface area contributed by atoms with Crippen LogP contribution in [-0.4, -0.2) is 44.8 Å². The normalized spacial score (nSPS) is 21.9. The van der Waals surface area contributed by atoms with Gasteiger partial charge in [0.15, 0.2) is 0 Å². The van der Waals surface area contributed by atoms with E-state index < -0.39 is 0 Å². The summed E-state index contributed by atoms with van der Waals surface area (Å²) in [5, 5.41) is 34.9. The summed E-state index contributed by atoms with van der Waals surface area (Å²) >= 11 is 0. The van der Waals surface area contributed by atoms with E-state index >= 15 is 0 Å². The van der Waals surface area contributed by atoms with Crippen LogP contribution < -0.4 is 0 Å². The van der Waals surface area contributed by atoms with Gasteiger partial charge in [-0.15, -0.1) is 0 Å². The molecular weight excluding hydrogens is 1020 g/mol. The first-order chi connectivity index (χ1) is 11.6. The van der Waals surface area contributed by atoms with E-state index in [0.29, 0.717) is 0 Å². The Bertz CT molecular complexity index is 221. The van der Waals surface area contributed by atoms with Crippen LogP contribution in [0.15, 0.2) is 0 Å². The minimum atomic E-state index is 0. The van der Waals surface area contributed by atoms with Gasteiger partial charge in [0.1, 0.15) is 0 Å². The van der Waals surface area contributed by atoms with Crippen molar-refractivity contribution in [3.63, 3.8) is 0 Å². The monoisotopic (exact) mass is 1060 g/mol.